The number of sulfonamides is 1. The fraction of sp³-hybridized carbons (Fsp3) is 0.222. The minimum absolute atomic E-state index is 0.0590. The molecule has 1 atom stereocenters. The molecule has 1 fully saturated rings. The fourth-order valence-electron chi connectivity index (χ4n) is 4.65. The average molecular weight is 662 g/mol. The lowest BCUT2D eigenvalue weighted by Gasteiger charge is -2.40. The van der Waals surface area contributed by atoms with Crippen molar-refractivity contribution < 1.29 is 31.1 Å². The number of hydrogen-bond donors (Lipinski definition) is 1. The van der Waals surface area contributed by atoms with Gasteiger partial charge >= 0.3 is 6.36 Å². The highest BCUT2D eigenvalue weighted by Crippen LogP contribution is 2.32. The molecular formula is C27H22F3N7O4S3. The van der Waals surface area contributed by atoms with Gasteiger partial charge in [-0.2, -0.15) is 4.31 Å². The highest BCUT2D eigenvalue weighted by Gasteiger charge is 2.41. The van der Waals surface area contributed by atoms with Crippen molar-refractivity contribution in [2.75, 3.05) is 24.5 Å². The van der Waals surface area contributed by atoms with Crippen LogP contribution in [0, 0.1) is 0 Å². The van der Waals surface area contributed by atoms with Gasteiger partial charge in [0.15, 0.2) is 5.65 Å². The van der Waals surface area contributed by atoms with Crippen molar-refractivity contribution >= 4 is 55.6 Å². The molecule has 0 unspecified atom stereocenters. The van der Waals surface area contributed by atoms with Gasteiger partial charge in [-0.25, -0.2) is 28.4 Å². The molecule has 1 N–H and O–H groups in total. The second-order valence-corrected chi connectivity index (χ2v) is 13.5. The predicted molar refractivity (Wildman–Crippen MR) is 158 cm³/mol. The molecule has 228 valence electrons. The first kappa shape index (κ1) is 29.9. The van der Waals surface area contributed by atoms with Crippen molar-refractivity contribution in [3.63, 3.8) is 0 Å². The van der Waals surface area contributed by atoms with Crippen LogP contribution in [0.4, 0.5) is 19.0 Å². The van der Waals surface area contributed by atoms with Gasteiger partial charge in [-0.15, -0.1) is 35.8 Å². The van der Waals surface area contributed by atoms with Gasteiger partial charge in [0.2, 0.25) is 15.9 Å². The third kappa shape index (κ3) is 6.50. The minimum atomic E-state index is -4.93. The van der Waals surface area contributed by atoms with Crippen LogP contribution in [0.5, 0.6) is 5.75 Å². The van der Waals surface area contributed by atoms with Crippen molar-refractivity contribution in [2.45, 2.75) is 23.8 Å². The summed E-state index contributed by atoms with van der Waals surface area (Å²) in [5, 5.41) is 4.83. The van der Waals surface area contributed by atoms with Crippen molar-refractivity contribution in [3.8, 4) is 15.5 Å². The zero-order chi connectivity index (χ0) is 30.9. The maximum Gasteiger partial charge on any atom is 0.573 e. The van der Waals surface area contributed by atoms with E-state index in [2.05, 4.69) is 30.0 Å². The largest absolute Gasteiger partial charge is 0.573 e. The third-order valence-corrected chi connectivity index (χ3v) is 10.8. The van der Waals surface area contributed by atoms with Gasteiger partial charge in [0, 0.05) is 34.3 Å². The number of alkyl halides is 3. The first-order valence-corrected chi connectivity index (χ1v) is 16.2. The molecule has 4 aromatic heterocycles. The lowest BCUT2D eigenvalue weighted by molar-refractivity contribution is -0.274. The summed E-state index contributed by atoms with van der Waals surface area (Å²) in [5.41, 5.74) is 0.816. The molecule has 11 nitrogen and oxygen atoms in total. The molecule has 1 aliphatic rings. The molecule has 1 aliphatic heterocycles. The number of amides is 1. The van der Waals surface area contributed by atoms with Gasteiger partial charge in [-0.3, -0.25) is 4.79 Å². The molecule has 0 aliphatic carbocycles. The number of hydrogen-bond acceptors (Lipinski definition) is 11. The van der Waals surface area contributed by atoms with E-state index in [4.69, 9.17) is 0 Å². The van der Waals surface area contributed by atoms with Crippen molar-refractivity contribution in [2.24, 2.45) is 0 Å². The Hall–Kier alpha value is -4.19. The molecule has 1 amide bonds. The summed E-state index contributed by atoms with van der Waals surface area (Å²) in [6, 6.07) is 10.5. The molecule has 6 rings (SSSR count). The van der Waals surface area contributed by atoms with Gasteiger partial charge in [0.25, 0.3) is 0 Å². The summed E-state index contributed by atoms with van der Waals surface area (Å²) in [6.45, 7) is 0.177. The molecular weight excluding hydrogens is 640 g/mol. The fourth-order valence-corrected chi connectivity index (χ4v) is 8.00. The van der Waals surface area contributed by atoms with E-state index < -0.39 is 34.1 Å². The van der Waals surface area contributed by atoms with E-state index in [1.807, 2.05) is 29.6 Å². The number of fused-ring (bicyclic) bond motifs is 1. The summed E-state index contributed by atoms with van der Waals surface area (Å²) < 4.78 is 70.3. The Bertz CT molecular complexity index is 1880. The number of halogens is 3. The maximum atomic E-state index is 13.7. The Kier molecular flexibility index (Phi) is 8.19. The number of benzene rings is 1. The van der Waals surface area contributed by atoms with Gasteiger partial charge in [-0.05, 0) is 47.8 Å². The molecule has 1 saturated heterocycles. The predicted octanol–water partition coefficient (Wildman–Crippen LogP) is 4.30. The third-order valence-electron chi connectivity index (χ3n) is 6.70. The van der Waals surface area contributed by atoms with E-state index in [1.54, 1.807) is 16.2 Å². The molecule has 1 aromatic carbocycles. The van der Waals surface area contributed by atoms with E-state index in [-0.39, 0.29) is 31.1 Å². The molecule has 44 heavy (non-hydrogen) atoms. The molecule has 0 saturated carbocycles. The standard InChI is InChI=1S/C27H22F3N7O4S3/c28-27(29,30)41-17-3-6-19(7-4-17)44(39,40)37-10-9-36(24-14-32-20-13-31-16-34-25(20)35-24)15-21(37)26(38)33-12-18-5-8-23(43-18)22-2-1-11-42-22/h1-8,11,13-14,16,21H,9-10,12,15H2,(H,33,38)/t21-/m1/s1. The number of piperazine rings is 1. The zero-order valence-corrected chi connectivity index (χ0v) is 25.0. The normalized spacial score (nSPS) is 16.2. The smallest absolute Gasteiger partial charge is 0.406 e. The summed E-state index contributed by atoms with van der Waals surface area (Å²) in [4.78, 5) is 35.0. The monoisotopic (exact) mass is 661 g/mol. The van der Waals surface area contributed by atoms with Gasteiger partial charge < -0.3 is 15.0 Å². The molecule has 0 radical (unpaired) electrons. The highest BCUT2D eigenvalue weighted by atomic mass is 32.2. The van der Waals surface area contributed by atoms with Crippen LogP contribution in [-0.4, -0.2) is 70.6 Å². The number of nitrogens with one attached hydrogen (secondary N) is 1. The Morgan fingerprint density at radius 1 is 1.05 bits per heavy atom. The number of anilines is 1. The number of carbonyl (C=O) groups is 1. The SMILES string of the molecule is O=C(NCc1ccc(-c2cccs2)s1)[C@H]1CN(c2cnc3cncnc3n2)CCN1S(=O)(=O)c1ccc(OC(F)(F)F)cc1. The van der Waals surface area contributed by atoms with Crippen LogP contribution < -0.4 is 15.0 Å². The van der Waals surface area contributed by atoms with E-state index >= 15 is 0 Å². The molecule has 0 spiro atoms. The van der Waals surface area contributed by atoms with E-state index in [9.17, 15) is 26.4 Å². The Labute approximate surface area is 257 Å². The minimum Gasteiger partial charge on any atom is -0.406 e. The number of rotatable bonds is 8. The zero-order valence-electron chi connectivity index (χ0n) is 22.5. The van der Waals surface area contributed by atoms with Gasteiger partial charge in [-0.1, -0.05) is 6.07 Å². The van der Waals surface area contributed by atoms with Crippen molar-refractivity contribution in [1.82, 2.24) is 29.6 Å². The molecule has 17 heteroatoms. The highest BCUT2D eigenvalue weighted by molar-refractivity contribution is 7.89. The first-order chi connectivity index (χ1) is 21.1. The summed E-state index contributed by atoms with van der Waals surface area (Å²) >= 11 is 3.12. The molecule has 0 bridgehead atoms. The summed E-state index contributed by atoms with van der Waals surface area (Å²) in [6.07, 6.45) is -0.576. The number of carbonyl (C=O) groups excluding carboxylic acids is 1. The molecule has 5 aromatic rings. The Morgan fingerprint density at radius 2 is 1.86 bits per heavy atom. The number of ether oxygens (including phenoxy) is 1. The quantitative estimate of drug-likeness (QED) is 0.259. The van der Waals surface area contributed by atoms with Crippen LogP contribution in [0.25, 0.3) is 20.9 Å². The van der Waals surface area contributed by atoms with E-state index in [0.717, 1.165) is 43.2 Å². The van der Waals surface area contributed by atoms with Crippen LogP contribution in [0.15, 0.2) is 77.5 Å². The number of nitrogens with zero attached hydrogens (tertiary/aromatic N) is 6. The number of aromatic nitrogens is 4. The Morgan fingerprint density at radius 3 is 2.61 bits per heavy atom. The lowest BCUT2D eigenvalue weighted by Crippen LogP contribution is -2.60. The summed E-state index contributed by atoms with van der Waals surface area (Å²) in [5.74, 6) is -0.705. The van der Waals surface area contributed by atoms with Crippen LogP contribution in [0.1, 0.15) is 4.88 Å². The van der Waals surface area contributed by atoms with Gasteiger partial charge in [0.1, 0.15) is 29.5 Å². The second kappa shape index (κ2) is 12.1. The molecule has 5 heterocycles. The van der Waals surface area contributed by atoms with Crippen LogP contribution >= 0.6 is 22.7 Å². The van der Waals surface area contributed by atoms with Crippen LogP contribution in [-0.2, 0) is 21.4 Å². The van der Waals surface area contributed by atoms with E-state index in [0.29, 0.717) is 17.0 Å². The van der Waals surface area contributed by atoms with Crippen molar-refractivity contribution in [3.05, 3.63) is 77.5 Å². The average Bonchev–Trinajstić information content (AvgIpc) is 3.72. The lowest BCUT2D eigenvalue weighted by atomic mass is 10.2. The van der Waals surface area contributed by atoms with Crippen LogP contribution in [0.2, 0.25) is 0 Å². The van der Waals surface area contributed by atoms with Gasteiger partial charge in [0.05, 0.1) is 23.8 Å². The van der Waals surface area contributed by atoms with Crippen LogP contribution in [0.3, 0.4) is 0 Å². The second-order valence-electron chi connectivity index (χ2n) is 9.52. The maximum absolute atomic E-state index is 13.7. The summed E-state index contributed by atoms with van der Waals surface area (Å²) in [7, 11) is -4.31. The topological polar surface area (TPSA) is 131 Å². The number of thiophene rings is 2. The van der Waals surface area contributed by atoms with Crippen molar-refractivity contribution in [1.29, 1.82) is 0 Å². The van der Waals surface area contributed by atoms with E-state index in [1.165, 1.54) is 30.1 Å². The first-order valence-electron chi connectivity index (χ1n) is 13.0. The Balaban J connectivity index is 1.25.